The number of carbonyl (C=O) groups is 1. The van der Waals surface area contributed by atoms with Crippen LogP contribution in [0.2, 0.25) is 0 Å². The minimum atomic E-state index is -3.98. The number of halogens is 1. The molecule has 0 saturated carbocycles. The Morgan fingerprint density at radius 1 is 1.47 bits per heavy atom. The van der Waals surface area contributed by atoms with Crippen molar-refractivity contribution in [1.29, 1.82) is 0 Å². The van der Waals surface area contributed by atoms with Crippen molar-refractivity contribution in [3.63, 3.8) is 0 Å². The minimum Gasteiger partial charge on any atom is -0.328 e. The Labute approximate surface area is 117 Å². The molecule has 0 aliphatic rings. The molecule has 0 aromatic heterocycles. The number of amides is 1. The van der Waals surface area contributed by atoms with Crippen molar-refractivity contribution in [2.24, 2.45) is 0 Å². The maximum absolute atomic E-state index is 12.3. The smallest absolute Gasteiger partial charge is 0.262 e. The lowest BCUT2D eigenvalue weighted by Gasteiger charge is -2.19. The third-order valence-electron chi connectivity index (χ3n) is 2.58. The molecular formula is C13H14ClNO3S. The lowest BCUT2D eigenvalue weighted by atomic mass is 10.1. The van der Waals surface area contributed by atoms with Crippen LogP contribution < -0.4 is 0 Å². The Morgan fingerprint density at radius 3 is 2.58 bits per heavy atom. The fraction of sp³-hybridized carbons (Fsp3) is 0.308. The number of terminal acetylenes is 1. The summed E-state index contributed by atoms with van der Waals surface area (Å²) in [7, 11) is 1.37. The molecule has 0 heterocycles. The van der Waals surface area contributed by atoms with Gasteiger partial charge in [0.05, 0.1) is 17.0 Å². The molecule has 0 radical (unpaired) electrons. The van der Waals surface area contributed by atoms with E-state index in [9.17, 15) is 13.2 Å². The van der Waals surface area contributed by atoms with Crippen molar-refractivity contribution in [2.75, 3.05) is 13.1 Å². The average Bonchev–Trinajstić information content (AvgIpc) is 2.33. The lowest BCUT2D eigenvalue weighted by Crippen LogP contribution is -2.32. The summed E-state index contributed by atoms with van der Waals surface area (Å²) < 4.78 is 23.0. The molecule has 102 valence electrons. The van der Waals surface area contributed by atoms with Gasteiger partial charge in [0.2, 0.25) is 0 Å². The Hall–Kier alpha value is -1.51. The quantitative estimate of drug-likeness (QED) is 0.631. The number of nitrogens with zero attached hydrogens (tertiary/aromatic N) is 1. The van der Waals surface area contributed by atoms with E-state index in [0.717, 1.165) is 5.56 Å². The first-order chi connectivity index (χ1) is 8.81. The number of aryl methyl sites for hydroxylation is 1. The largest absolute Gasteiger partial charge is 0.328 e. The van der Waals surface area contributed by atoms with Crippen LogP contribution in [0.15, 0.2) is 23.1 Å². The van der Waals surface area contributed by atoms with Crippen molar-refractivity contribution in [1.82, 2.24) is 4.90 Å². The third-order valence-corrected chi connectivity index (χ3v) is 3.96. The number of carbonyl (C=O) groups excluding carboxylic acids is 1. The van der Waals surface area contributed by atoms with Crippen LogP contribution in [0.25, 0.3) is 0 Å². The average molecular weight is 300 g/mol. The third kappa shape index (κ3) is 3.72. The molecule has 0 bridgehead atoms. The van der Waals surface area contributed by atoms with E-state index in [0.29, 0.717) is 6.54 Å². The second-order valence-corrected chi connectivity index (χ2v) is 6.50. The molecule has 0 spiro atoms. The summed E-state index contributed by atoms with van der Waals surface area (Å²) in [5.74, 6) is 1.92. The van der Waals surface area contributed by atoms with Gasteiger partial charge in [-0.3, -0.25) is 4.79 Å². The van der Waals surface area contributed by atoms with Gasteiger partial charge in [0.25, 0.3) is 15.0 Å². The Bertz CT molecular complexity index is 632. The minimum absolute atomic E-state index is 0.0482. The molecule has 0 fully saturated rings. The van der Waals surface area contributed by atoms with Gasteiger partial charge in [0.15, 0.2) is 0 Å². The van der Waals surface area contributed by atoms with Gasteiger partial charge in [0.1, 0.15) is 0 Å². The molecule has 1 aromatic carbocycles. The second-order valence-electron chi connectivity index (χ2n) is 3.96. The molecule has 1 rings (SSSR count). The maximum Gasteiger partial charge on any atom is 0.262 e. The van der Waals surface area contributed by atoms with E-state index in [2.05, 4.69) is 5.92 Å². The van der Waals surface area contributed by atoms with E-state index < -0.39 is 15.0 Å². The molecule has 0 unspecified atom stereocenters. The topological polar surface area (TPSA) is 54.5 Å². The zero-order valence-electron chi connectivity index (χ0n) is 10.7. The van der Waals surface area contributed by atoms with Crippen LogP contribution in [0.1, 0.15) is 22.8 Å². The summed E-state index contributed by atoms with van der Waals surface area (Å²) in [4.78, 5) is 13.5. The number of hydrogen-bond acceptors (Lipinski definition) is 3. The summed E-state index contributed by atoms with van der Waals surface area (Å²) in [5, 5.41) is 0. The first-order valence-electron chi connectivity index (χ1n) is 5.59. The predicted molar refractivity (Wildman–Crippen MR) is 74.6 cm³/mol. The number of hydrogen-bond donors (Lipinski definition) is 0. The summed E-state index contributed by atoms with van der Waals surface area (Å²) in [6, 6.07) is 4.41. The lowest BCUT2D eigenvalue weighted by molar-refractivity contribution is 0.0781. The van der Waals surface area contributed by atoms with Crippen LogP contribution in [0, 0.1) is 19.3 Å². The molecule has 19 heavy (non-hydrogen) atoms. The van der Waals surface area contributed by atoms with Crippen molar-refractivity contribution in [2.45, 2.75) is 18.7 Å². The highest BCUT2D eigenvalue weighted by Gasteiger charge is 2.23. The van der Waals surface area contributed by atoms with Crippen molar-refractivity contribution in [3.8, 4) is 12.3 Å². The monoisotopic (exact) mass is 299 g/mol. The predicted octanol–water partition coefficient (Wildman–Crippen LogP) is 2.02. The maximum atomic E-state index is 12.3. The van der Waals surface area contributed by atoms with Crippen LogP contribution >= 0.6 is 10.7 Å². The summed E-state index contributed by atoms with van der Waals surface area (Å²) in [6.07, 6.45) is 5.19. The number of benzene rings is 1. The highest BCUT2D eigenvalue weighted by Crippen LogP contribution is 2.22. The highest BCUT2D eigenvalue weighted by molar-refractivity contribution is 8.13. The van der Waals surface area contributed by atoms with Gasteiger partial charge in [-0.1, -0.05) is 17.6 Å². The standard InChI is InChI=1S/C13H14ClNO3S/c1-4-8-15(5-2)13(16)11-9-10(3)6-7-12(11)19(14,17)18/h1,6-7,9H,5,8H2,2-3H3. The molecule has 1 aromatic rings. The highest BCUT2D eigenvalue weighted by atomic mass is 35.7. The van der Waals surface area contributed by atoms with E-state index >= 15 is 0 Å². The van der Waals surface area contributed by atoms with E-state index in [1.807, 2.05) is 0 Å². The second kappa shape index (κ2) is 6.09. The van der Waals surface area contributed by atoms with Crippen LogP contribution in [0.4, 0.5) is 0 Å². The summed E-state index contributed by atoms with van der Waals surface area (Å²) in [5.41, 5.74) is 0.816. The first-order valence-corrected chi connectivity index (χ1v) is 7.90. The SMILES string of the molecule is C#CCN(CC)C(=O)c1cc(C)ccc1S(=O)(=O)Cl. The molecule has 0 N–H and O–H groups in total. The molecule has 4 nitrogen and oxygen atoms in total. The van der Waals surface area contributed by atoms with Gasteiger partial charge in [-0.25, -0.2) is 8.42 Å². The first kappa shape index (κ1) is 15.5. The van der Waals surface area contributed by atoms with Crippen LogP contribution in [-0.4, -0.2) is 32.3 Å². The van der Waals surface area contributed by atoms with E-state index in [1.165, 1.54) is 17.0 Å². The molecule has 6 heteroatoms. The van der Waals surface area contributed by atoms with Gasteiger partial charge in [0, 0.05) is 17.2 Å². The van der Waals surface area contributed by atoms with E-state index in [4.69, 9.17) is 17.1 Å². The zero-order chi connectivity index (χ0) is 14.6. The van der Waals surface area contributed by atoms with Gasteiger partial charge in [-0.05, 0) is 26.0 Å². The Kier molecular flexibility index (Phi) is 4.98. The van der Waals surface area contributed by atoms with E-state index in [1.54, 1.807) is 19.9 Å². The fourth-order valence-electron chi connectivity index (χ4n) is 1.63. The molecule has 0 saturated heterocycles. The summed E-state index contributed by atoms with van der Waals surface area (Å²) in [6.45, 7) is 4.03. The van der Waals surface area contributed by atoms with Crippen molar-refractivity contribution in [3.05, 3.63) is 29.3 Å². The Balaban J connectivity index is 3.37. The zero-order valence-corrected chi connectivity index (χ0v) is 12.3. The number of rotatable bonds is 4. The molecule has 0 aliphatic heterocycles. The molecular weight excluding hydrogens is 286 g/mol. The van der Waals surface area contributed by atoms with E-state index in [-0.39, 0.29) is 17.0 Å². The normalized spacial score (nSPS) is 10.8. The van der Waals surface area contributed by atoms with Crippen LogP contribution in [0.5, 0.6) is 0 Å². The van der Waals surface area contributed by atoms with Crippen LogP contribution in [0.3, 0.4) is 0 Å². The fourth-order valence-corrected chi connectivity index (χ4v) is 2.67. The molecule has 0 atom stereocenters. The Morgan fingerprint density at radius 2 is 2.11 bits per heavy atom. The summed E-state index contributed by atoms with van der Waals surface area (Å²) >= 11 is 0. The van der Waals surface area contributed by atoms with Gasteiger partial charge >= 0.3 is 0 Å². The van der Waals surface area contributed by atoms with Crippen LogP contribution in [-0.2, 0) is 9.05 Å². The molecule has 0 aliphatic carbocycles. The van der Waals surface area contributed by atoms with Gasteiger partial charge in [-0.2, -0.15) is 0 Å². The molecule has 1 amide bonds. The van der Waals surface area contributed by atoms with Crippen molar-refractivity contribution >= 4 is 25.6 Å². The van der Waals surface area contributed by atoms with Gasteiger partial charge in [-0.15, -0.1) is 6.42 Å². The van der Waals surface area contributed by atoms with Crippen molar-refractivity contribution < 1.29 is 13.2 Å². The van der Waals surface area contributed by atoms with Gasteiger partial charge < -0.3 is 4.90 Å².